The van der Waals surface area contributed by atoms with Crippen LogP contribution < -0.4 is 5.32 Å². The summed E-state index contributed by atoms with van der Waals surface area (Å²) >= 11 is 5.96. The summed E-state index contributed by atoms with van der Waals surface area (Å²) in [6.07, 6.45) is 1.02. The normalized spacial score (nSPS) is 15.3. The molecule has 1 saturated heterocycles. The number of aliphatic hydroxyl groups excluding tert-OH is 1. The lowest BCUT2D eigenvalue weighted by Crippen LogP contribution is -2.45. The van der Waals surface area contributed by atoms with E-state index < -0.39 is 0 Å². The SMILES string of the molecule is O=C(NCc1ccccc1-c1ccc(Cl)cc1)N1CCC(O)CC1. The quantitative estimate of drug-likeness (QED) is 0.892. The van der Waals surface area contributed by atoms with Gasteiger partial charge in [-0.2, -0.15) is 0 Å². The maximum absolute atomic E-state index is 12.3. The number of benzene rings is 2. The van der Waals surface area contributed by atoms with Gasteiger partial charge in [0.1, 0.15) is 0 Å². The second-order valence-corrected chi connectivity index (χ2v) is 6.48. The number of hydrogen-bond donors (Lipinski definition) is 2. The van der Waals surface area contributed by atoms with E-state index in [1.165, 1.54) is 0 Å². The Balaban J connectivity index is 1.67. The Morgan fingerprint density at radius 3 is 2.50 bits per heavy atom. The van der Waals surface area contributed by atoms with Crippen LogP contribution >= 0.6 is 11.6 Å². The molecule has 0 aliphatic carbocycles. The third-order valence-corrected chi connectivity index (χ3v) is 4.61. The van der Waals surface area contributed by atoms with Crippen LogP contribution in [0.1, 0.15) is 18.4 Å². The Morgan fingerprint density at radius 2 is 1.79 bits per heavy atom. The number of rotatable bonds is 3. The molecule has 0 aromatic heterocycles. The summed E-state index contributed by atoms with van der Waals surface area (Å²) in [6, 6.07) is 15.6. The van der Waals surface area contributed by atoms with E-state index in [9.17, 15) is 9.90 Å². The molecule has 0 spiro atoms. The first-order chi connectivity index (χ1) is 11.6. The maximum atomic E-state index is 12.3. The molecular formula is C19H21ClN2O2. The minimum absolute atomic E-state index is 0.0761. The van der Waals surface area contributed by atoms with Crippen LogP contribution in [0.2, 0.25) is 5.02 Å². The van der Waals surface area contributed by atoms with E-state index in [-0.39, 0.29) is 12.1 Å². The number of urea groups is 1. The van der Waals surface area contributed by atoms with Crippen molar-refractivity contribution >= 4 is 17.6 Å². The van der Waals surface area contributed by atoms with E-state index in [0.717, 1.165) is 16.7 Å². The van der Waals surface area contributed by atoms with Crippen molar-refractivity contribution < 1.29 is 9.90 Å². The summed E-state index contributed by atoms with van der Waals surface area (Å²) in [5.74, 6) is 0. The smallest absolute Gasteiger partial charge is 0.317 e. The zero-order valence-corrected chi connectivity index (χ0v) is 14.2. The van der Waals surface area contributed by atoms with Gasteiger partial charge in [0, 0.05) is 24.7 Å². The van der Waals surface area contributed by atoms with Gasteiger partial charge in [0.15, 0.2) is 0 Å². The Kier molecular flexibility index (Phi) is 5.38. The second-order valence-electron chi connectivity index (χ2n) is 6.04. The predicted octanol–water partition coefficient (Wildman–Crippen LogP) is 3.67. The molecule has 2 aromatic carbocycles. The molecular weight excluding hydrogens is 324 g/mol. The molecule has 24 heavy (non-hydrogen) atoms. The molecule has 1 heterocycles. The maximum Gasteiger partial charge on any atom is 0.317 e. The van der Waals surface area contributed by atoms with Crippen LogP contribution in [0.5, 0.6) is 0 Å². The molecule has 1 aliphatic heterocycles. The monoisotopic (exact) mass is 344 g/mol. The molecule has 0 radical (unpaired) electrons. The second kappa shape index (κ2) is 7.69. The van der Waals surface area contributed by atoms with Crippen molar-refractivity contribution in [3.8, 4) is 11.1 Å². The Morgan fingerprint density at radius 1 is 1.12 bits per heavy atom. The fraction of sp³-hybridized carbons (Fsp3) is 0.316. The van der Waals surface area contributed by atoms with Crippen LogP contribution in [0, 0.1) is 0 Å². The van der Waals surface area contributed by atoms with E-state index in [0.29, 0.717) is 37.5 Å². The highest BCUT2D eigenvalue weighted by atomic mass is 35.5. The van der Waals surface area contributed by atoms with Gasteiger partial charge in [-0.05, 0) is 41.7 Å². The number of carbonyl (C=O) groups excluding carboxylic acids is 1. The molecule has 1 fully saturated rings. The van der Waals surface area contributed by atoms with Crippen LogP contribution in [0.25, 0.3) is 11.1 Å². The van der Waals surface area contributed by atoms with Crippen molar-refractivity contribution in [3.63, 3.8) is 0 Å². The van der Waals surface area contributed by atoms with Crippen molar-refractivity contribution in [2.24, 2.45) is 0 Å². The number of halogens is 1. The first-order valence-electron chi connectivity index (χ1n) is 8.18. The Bertz CT molecular complexity index is 695. The summed E-state index contributed by atoms with van der Waals surface area (Å²) in [5, 5.41) is 13.2. The molecule has 5 heteroatoms. The lowest BCUT2D eigenvalue weighted by molar-refractivity contribution is 0.0936. The molecule has 3 rings (SSSR count). The van der Waals surface area contributed by atoms with E-state index >= 15 is 0 Å². The van der Waals surface area contributed by atoms with Crippen LogP contribution in [0.3, 0.4) is 0 Å². The average molecular weight is 345 g/mol. The summed E-state index contributed by atoms with van der Waals surface area (Å²) in [6.45, 7) is 1.67. The van der Waals surface area contributed by atoms with Crippen LogP contribution in [-0.4, -0.2) is 35.2 Å². The summed E-state index contributed by atoms with van der Waals surface area (Å²) in [4.78, 5) is 14.0. The van der Waals surface area contributed by atoms with Crippen molar-refractivity contribution in [2.45, 2.75) is 25.5 Å². The molecule has 2 N–H and O–H groups in total. The molecule has 0 bridgehead atoms. The number of carbonyl (C=O) groups is 1. The number of amides is 2. The molecule has 1 aliphatic rings. The lowest BCUT2D eigenvalue weighted by atomic mass is 10.00. The van der Waals surface area contributed by atoms with Gasteiger partial charge in [-0.3, -0.25) is 0 Å². The number of nitrogens with one attached hydrogen (secondary N) is 1. The van der Waals surface area contributed by atoms with E-state index in [4.69, 9.17) is 11.6 Å². The van der Waals surface area contributed by atoms with Crippen molar-refractivity contribution in [1.82, 2.24) is 10.2 Å². The van der Waals surface area contributed by atoms with Gasteiger partial charge in [0.2, 0.25) is 0 Å². The van der Waals surface area contributed by atoms with Crippen LogP contribution in [-0.2, 0) is 6.54 Å². The number of aliphatic hydroxyl groups is 1. The van der Waals surface area contributed by atoms with E-state index in [2.05, 4.69) is 5.32 Å². The van der Waals surface area contributed by atoms with E-state index in [1.807, 2.05) is 48.5 Å². The van der Waals surface area contributed by atoms with Gasteiger partial charge in [-0.1, -0.05) is 48.0 Å². The lowest BCUT2D eigenvalue weighted by Gasteiger charge is -2.29. The highest BCUT2D eigenvalue weighted by molar-refractivity contribution is 6.30. The van der Waals surface area contributed by atoms with Crippen molar-refractivity contribution in [1.29, 1.82) is 0 Å². The standard InChI is InChI=1S/C19H21ClN2O2/c20-16-7-5-14(6-8-16)18-4-2-1-3-15(18)13-21-19(24)22-11-9-17(23)10-12-22/h1-8,17,23H,9-13H2,(H,21,24). The van der Waals surface area contributed by atoms with Crippen LogP contribution in [0.4, 0.5) is 4.79 Å². The molecule has 2 amide bonds. The molecule has 0 saturated carbocycles. The Hall–Kier alpha value is -2.04. The molecule has 2 aromatic rings. The molecule has 4 nitrogen and oxygen atoms in total. The fourth-order valence-electron chi connectivity index (χ4n) is 2.94. The van der Waals surface area contributed by atoms with Gasteiger partial charge in [0.25, 0.3) is 0 Å². The van der Waals surface area contributed by atoms with Crippen molar-refractivity contribution in [2.75, 3.05) is 13.1 Å². The summed E-state index contributed by atoms with van der Waals surface area (Å²) in [7, 11) is 0. The molecule has 0 unspecified atom stereocenters. The number of nitrogens with zero attached hydrogens (tertiary/aromatic N) is 1. The predicted molar refractivity (Wildman–Crippen MR) is 95.9 cm³/mol. The summed E-state index contributed by atoms with van der Waals surface area (Å²) in [5.41, 5.74) is 3.22. The first-order valence-corrected chi connectivity index (χ1v) is 8.56. The zero-order chi connectivity index (χ0) is 16.9. The topological polar surface area (TPSA) is 52.6 Å². The average Bonchev–Trinajstić information content (AvgIpc) is 2.61. The van der Waals surface area contributed by atoms with Gasteiger partial charge in [0.05, 0.1) is 6.10 Å². The molecule has 0 atom stereocenters. The third kappa shape index (κ3) is 4.08. The molecule has 126 valence electrons. The largest absolute Gasteiger partial charge is 0.393 e. The minimum atomic E-state index is -0.278. The number of likely N-dealkylation sites (tertiary alicyclic amines) is 1. The zero-order valence-electron chi connectivity index (χ0n) is 13.4. The van der Waals surface area contributed by atoms with Gasteiger partial charge >= 0.3 is 6.03 Å². The number of piperidine rings is 1. The Labute approximate surface area is 147 Å². The highest BCUT2D eigenvalue weighted by Gasteiger charge is 2.21. The first kappa shape index (κ1) is 16.8. The number of hydrogen-bond acceptors (Lipinski definition) is 2. The van der Waals surface area contributed by atoms with Gasteiger partial charge < -0.3 is 15.3 Å². The minimum Gasteiger partial charge on any atom is -0.393 e. The fourth-order valence-corrected chi connectivity index (χ4v) is 3.06. The van der Waals surface area contributed by atoms with E-state index in [1.54, 1.807) is 4.90 Å². The van der Waals surface area contributed by atoms with Crippen LogP contribution in [0.15, 0.2) is 48.5 Å². The highest BCUT2D eigenvalue weighted by Crippen LogP contribution is 2.25. The summed E-state index contributed by atoms with van der Waals surface area (Å²) < 4.78 is 0. The third-order valence-electron chi connectivity index (χ3n) is 4.35. The van der Waals surface area contributed by atoms with Gasteiger partial charge in [-0.15, -0.1) is 0 Å². The van der Waals surface area contributed by atoms with Gasteiger partial charge in [-0.25, -0.2) is 4.79 Å². The van der Waals surface area contributed by atoms with Crippen molar-refractivity contribution in [3.05, 3.63) is 59.1 Å².